The van der Waals surface area contributed by atoms with Crippen LogP contribution in [0.2, 0.25) is 0 Å². The monoisotopic (exact) mass is 329 g/mol. The van der Waals surface area contributed by atoms with Crippen molar-refractivity contribution in [3.05, 3.63) is 70.2 Å². The Morgan fingerprint density at radius 3 is 2.62 bits per heavy atom. The number of ether oxygens (including phenoxy) is 2. The number of hydrogen-bond acceptors (Lipinski definition) is 4. The summed E-state index contributed by atoms with van der Waals surface area (Å²) >= 11 is 0. The highest BCUT2D eigenvalue weighted by Crippen LogP contribution is 2.28. The van der Waals surface area contributed by atoms with E-state index in [1.807, 2.05) is 12.1 Å². The maximum atomic E-state index is 13.5. The van der Waals surface area contributed by atoms with E-state index in [4.69, 9.17) is 9.47 Å². The molecular formula is C17H16FN3O3. The molecule has 0 saturated carbocycles. The normalized spacial score (nSPS) is 10.6. The first kappa shape index (κ1) is 15.8. The lowest BCUT2D eigenvalue weighted by Gasteiger charge is -2.10. The SMILES string of the molecule is COc1ccc(Cc2n[nH]c(=O)n2-c2cccc(F)c2)cc1OC. The molecule has 0 unspecified atom stereocenters. The van der Waals surface area contributed by atoms with Crippen molar-refractivity contribution in [1.29, 1.82) is 0 Å². The van der Waals surface area contributed by atoms with Gasteiger partial charge in [0.25, 0.3) is 0 Å². The van der Waals surface area contributed by atoms with Gasteiger partial charge in [-0.2, -0.15) is 5.10 Å². The van der Waals surface area contributed by atoms with Crippen molar-refractivity contribution in [3.63, 3.8) is 0 Å². The molecule has 3 rings (SSSR count). The summed E-state index contributed by atoms with van der Waals surface area (Å²) in [5.41, 5.74) is 0.879. The molecule has 0 aliphatic carbocycles. The minimum Gasteiger partial charge on any atom is -0.493 e. The van der Waals surface area contributed by atoms with Gasteiger partial charge in [-0.05, 0) is 35.9 Å². The molecule has 7 heteroatoms. The number of hydrogen-bond donors (Lipinski definition) is 1. The van der Waals surface area contributed by atoms with Crippen LogP contribution < -0.4 is 15.2 Å². The summed E-state index contributed by atoms with van der Waals surface area (Å²) in [6.07, 6.45) is 0.371. The summed E-state index contributed by atoms with van der Waals surface area (Å²) in [5, 5.41) is 6.45. The van der Waals surface area contributed by atoms with Gasteiger partial charge in [0.05, 0.1) is 19.9 Å². The molecule has 1 N–H and O–H groups in total. The van der Waals surface area contributed by atoms with Gasteiger partial charge in [0.2, 0.25) is 0 Å². The van der Waals surface area contributed by atoms with Crippen molar-refractivity contribution in [2.24, 2.45) is 0 Å². The number of aromatic nitrogens is 3. The van der Waals surface area contributed by atoms with E-state index < -0.39 is 11.5 Å². The van der Waals surface area contributed by atoms with Crippen LogP contribution in [0.25, 0.3) is 5.69 Å². The molecule has 1 aromatic heterocycles. The fraction of sp³-hybridized carbons (Fsp3) is 0.176. The third-order valence-corrected chi connectivity index (χ3v) is 3.62. The van der Waals surface area contributed by atoms with E-state index >= 15 is 0 Å². The third kappa shape index (κ3) is 3.01. The first-order valence-electron chi connectivity index (χ1n) is 7.25. The van der Waals surface area contributed by atoms with Gasteiger partial charge in [-0.1, -0.05) is 12.1 Å². The zero-order valence-corrected chi connectivity index (χ0v) is 13.2. The molecule has 0 spiro atoms. The lowest BCUT2D eigenvalue weighted by atomic mass is 10.1. The van der Waals surface area contributed by atoms with Crippen LogP contribution in [0.5, 0.6) is 11.5 Å². The molecule has 2 aromatic carbocycles. The molecule has 0 atom stereocenters. The Hall–Kier alpha value is -3.09. The fourth-order valence-electron chi connectivity index (χ4n) is 2.50. The van der Waals surface area contributed by atoms with Gasteiger partial charge in [0.15, 0.2) is 11.5 Å². The summed E-state index contributed by atoms with van der Waals surface area (Å²) in [7, 11) is 3.12. The van der Waals surface area contributed by atoms with Crippen LogP contribution in [0.3, 0.4) is 0 Å². The fourth-order valence-corrected chi connectivity index (χ4v) is 2.50. The molecule has 0 fully saturated rings. The Balaban J connectivity index is 1.99. The number of aromatic amines is 1. The standard InChI is InChI=1S/C17H16FN3O3/c1-23-14-7-6-11(8-15(14)24-2)9-16-19-20-17(22)21(16)13-5-3-4-12(18)10-13/h3-8,10H,9H2,1-2H3,(H,20,22). The van der Waals surface area contributed by atoms with E-state index in [9.17, 15) is 9.18 Å². The van der Waals surface area contributed by atoms with Crippen LogP contribution in [-0.4, -0.2) is 29.0 Å². The Kier molecular flexibility index (Phi) is 4.33. The summed E-state index contributed by atoms with van der Waals surface area (Å²) in [6.45, 7) is 0. The van der Waals surface area contributed by atoms with Crippen LogP contribution in [0.15, 0.2) is 47.3 Å². The molecule has 1 heterocycles. The molecule has 0 aliphatic heterocycles. The number of nitrogens with zero attached hydrogens (tertiary/aromatic N) is 2. The summed E-state index contributed by atoms with van der Waals surface area (Å²) in [4.78, 5) is 12.0. The summed E-state index contributed by atoms with van der Waals surface area (Å²) in [6, 6.07) is 11.3. The lowest BCUT2D eigenvalue weighted by Crippen LogP contribution is -2.17. The average Bonchev–Trinajstić information content (AvgIpc) is 2.95. The minimum atomic E-state index is -0.420. The van der Waals surface area contributed by atoms with Gasteiger partial charge in [-0.3, -0.25) is 0 Å². The molecule has 0 bridgehead atoms. The Bertz CT molecular complexity index is 917. The predicted octanol–water partition coefficient (Wildman–Crippen LogP) is 2.31. The average molecular weight is 329 g/mol. The van der Waals surface area contributed by atoms with Crippen molar-refractivity contribution in [2.75, 3.05) is 14.2 Å². The number of benzene rings is 2. The van der Waals surface area contributed by atoms with Crippen molar-refractivity contribution in [1.82, 2.24) is 14.8 Å². The molecule has 24 heavy (non-hydrogen) atoms. The first-order valence-corrected chi connectivity index (χ1v) is 7.25. The van der Waals surface area contributed by atoms with Gasteiger partial charge in [-0.25, -0.2) is 18.9 Å². The topological polar surface area (TPSA) is 69.1 Å². The molecule has 0 amide bonds. The second-order valence-corrected chi connectivity index (χ2v) is 5.13. The Morgan fingerprint density at radius 2 is 1.92 bits per heavy atom. The number of H-pyrrole nitrogens is 1. The maximum Gasteiger partial charge on any atom is 0.347 e. The van der Waals surface area contributed by atoms with Crippen LogP contribution in [-0.2, 0) is 6.42 Å². The largest absolute Gasteiger partial charge is 0.493 e. The lowest BCUT2D eigenvalue weighted by molar-refractivity contribution is 0.354. The van der Waals surface area contributed by atoms with E-state index in [1.165, 1.54) is 16.7 Å². The Morgan fingerprint density at radius 1 is 1.12 bits per heavy atom. The van der Waals surface area contributed by atoms with Crippen LogP contribution in [0.4, 0.5) is 4.39 Å². The van der Waals surface area contributed by atoms with Crippen LogP contribution in [0.1, 0.15) is 11.4 Å². The van der Waals surface area contributed by atoms with Gasteiger partial charge in [-0.15, -0.1) is 0 Å². The van der Waals surface area contributed by atoms with Gasteiger partial charge in [0, 0.05) is 6.42 Å². The van der Waals surface area contributed by atoms with E-state index in [0.29, 0.717) is 29.4 Å². The molecule has 0 radical (unpaired) electrons. The number of rotatable bonds is 5. The Labute approximate surface area is 137 Å². The second kappa shape index (κ2) is 6.57. The number of halogens is 1. The highest BCUT2D eigenvalue weighted by Gasteiger charge is 2.13. The van der Waals surface area contributed by atoms with E-state index in [2.05, 4.69) is 10.2 Å². The number of nitrogens with one attached hydrogen (secondary N) is 1. The van der Waals surface area contributed by atoms with Crippen molar-refractivity contribution < 1.29 is 13.9 Å². The number of methoxy groups -OCH3 is 2. The van der Waals surface area contributed by atoms with Crippen molar-refractivity contribution >= 4 is 0 Å². The first-order chi connectivity index (χ1) is 11.6. The van der Waals surface area contributed by atoms with E-state index in [-0.39, 0.29) is 0 Å². The van der Waals surface area contributed by atoms with Crippen LogP contribution in [0, 0.1) is 5.82 Å². The smallest absolute Gasteiger partial charge is 0.347 e. The van der Waals surface area contributed by atoms with E-state index in [1.54, 1.807) is 32.4 Å². The highest BCUT2D eigenvalue weighted by atomic mass is 19.1. The molecular weight excluding hydrogens is 313 g/mol. The zero-order chi connectivity index (χ0) is 17.1. The van der Waals surface area contributed by atoms with Gasteiger partial charge >= 0.3 is 5.69 Å². The maximum absolute atomic E-state index is 13.5. The molecule has 124 valence electrons. The van der Waals surface area contributed by atoms with E-state index in [0.717, 1.165) is 5.56 Å². The third-order valence-electron chi connectivity index (χ3n) is 3.62. The quantitative estimate of drug-likeness (QED) is 0.780. The van der Waals surface area contributed by atoms with Crippen molar-refractivity contribution in [3.8, 4) is 17.2 Å². The summed E-state index contributed by atoms with van der Waals surface area (Å²) < 4.78 is 25.3. The highest BCUT2D eigenvalue weighted by molar-refractivity contribution is 5.44. The molecule has 3 aromatic rings. The molecule has 0 aliphatic rings. The minimum absolute atomic E-state index is 0.371. The zero-order valence-electron chi connectivity index (χ0n) is 13.2. The van der Waals surface area contributed by atoms with Crippen molar-refractivity contribution in [2.45, 2.75) is 6.42 Å². The predicted molar refractivity (Wildman–Crippen MR) is 86.5 cm³/mol. The van der Waals surface area contributed by atoms with Gasteiger partial charge < -0.3 is 9.47 Å². The molecule has 0 saturated heterocycles. The van der Waals surface area contributed by atoms with Crippen LogP contribution >= 0.6 is 0 Å². The summed E-state index contributed by atoms with van der Waals surface area (Å²) in [5.74, 6) is 1.26. The second-order valence-electron chi connectivity index (χ2n) is 5.13. The molecule has 6 nitrogen and oxygen atoms in total. The van der Waals surface area contributed by atoms with Gasteiger partial charge in [0.1, 0.15) is 11.6 Å².